The highest BCUT2D eigenvalue weighted by molar-refractivity contribution is 6.25. The van der Waals surface area contributed by atoms with Gasteiger partial charge in [-0.05, 0) is 67.3 Å². The maximum absolute atomic E-state index is 13.5. The van der Waals surface area contributed by atoms with Gasteiger partial charge in [0, 0.05) is 40.9 Å². The molecule has 1 aliphatic heterocycles. The second-order valence-electron chi connectivity index (χ2n) is 8.72. The van der Waals surface area contributed by atoms with Gasteiger partial charge < -0.3 is 4.90 Å². The lowest BCUT2D eigenvalue weighted by Crippen LogP contribution is -2.46. The van der Waals surface area contributed by atoms with Crippen molar-refractivity contribution in [3.63, 3.8) is 0 Å². The number of halogens is 1. The van der Waals surface area contributed by atoms with E-state index < -0.39 is 5.82 Å². The summed E-state index contributed by atoms with van der Waals surface area (Å²) in [4.78, 5) is 42.9. The zero-order valence-electron chi connectivity index (χ0n) is 19.4. The van der Waals surface area contributed by atoms with Crippen LogP contribution in [0.3, 0.4) is 0 Å². The van der Waals surface area contributed by atoms with Crippen molar-refractivity contribution < 1.29 is 18.8 Å². The number of imide groups is 1. The molecule has 0 unspecified atom stereocenters. The van der Waals surface area contributed by atoms with Gasteiger partial charge in [0.05, 0.1) is 0 Å². The Balaban J connectivity index is 1.49. The molecule has 1 aliphatic rings. The van der Waals surface area contributed by atoms with E-state index in [1.165, 1.54) is 29.2 Å². The molecule has 0 bridgehead atoms. The Morgan fingerprint density at radius 1 is 0.857 bits per heavy atom. The predicted molar refractivity (Wildman–Crippen MR) is 133 cm³/mol. The molecule has 0 spiro atoms. The summed E-state index contributed by atoms with van der Waals surface area (Å²) in [5, 5.41) is 1.50. The van der Waals surface area contributed by atoms with E-state index in [1.807, 2.05) is 44.2 Å². The molecule has 0 aromatic heterocycles. The van der Waals surface area contributed by atoms with Crippen LogP contribution >= 0.6 is 0 Å². The number of anilines is 1. The minimum atomic E-state index is -0.433. The lowest BCUT2D eigenvalue weighted by atomic mass is 9.94. The number of hydrogen-bond donors (Lipinski definition) is 0. The summed E-state index contributed by atoms with van der Waals surface area (Å²) < 4.78 is 13.5. The quantitative estimate of drug-likeness (QED) is 0.363. The molecule has 4 aromatic rings. The molecule has 0 radical (unpaired) electrons. The Bertz CT molecular complexity index is 1440. The second kappa shape index (κ2) is 8.80. The first-order valence-corrected chi connectivity index (χ1v) is 11.4. The monoisotopic (exact) mass is 466 g/mol. The summed E-state index contributed by atoms with van der Waals surface area (Å²) in [6, 6.07) is 21.9. The maximum atomic E-state index is 13.5. The van der Waals surface area contributed by atoms with E-state index in [1.54, 1.807) is 29.2 Å². The normalized spacial score (nSPS) is 12.8. The van der Waals surface area contributed by atoms with E-state index >= 15 is 0 Å². The minimum absolute atomic E-state index is 0.0165. The number of amides is 3. The molecular formula is C29H23FN2O3. The minimum Gasteiger partial charge on any atom is -0.306 e. The zero-order chi connectivity index (χ0) is 24.7. The molecule has 3 amide bonds. The Kier molecular flexibility index (Phi) is 5.65. The number of aryl methyl sites for hydroxylation is 2. The molecule has 0 aliphatic carbocycles. The first kappa shape index (κ1) is 22.5. The number of benzene rings is 4. The van der Waals surface area contributed by atoms with Gasteiger partial charge in [-0.2, -0.15) is 0 Å². The second-order valence-corrected chi connectivity index (χ2v) is 8.72. The first-order chi connectivity index (χ1) is 16.8. The van der Waals surface area contributed by atoms with E-state index in [4.69, 9.17) is 0 Å². The fourth-order valence-corrected chi connectivity index (χ4v) is 4.67. The average molecular weight is 467 g/mol. The van der Waals surface area contributed by atoms with E-state index in [0.717, 1.165) is 16.5 Å². The van der Waals surface area contributed by atoms with E-state index in [2.05, 4.69) is 0 Å². The molecule has 0 N–H and O–H groups in total. The lowest BCUT2D eigenvalue weighted by molar-refractivity contribution is 0.0611. The summed E-state index contributed by atoms with van der Waals surface area (Å²) in [6.07, 6.45) is 0. The summed E-state index contributed by atoms with van der Waals surface area (Å²) in [7, 11) is 0. The van der Waals surface area contributed by atoms with Gasteiger partial charge in [-0.25, -0.2) is 4.39 Å². The highest BCUT2D eigenvalue weighted by atomic mass is 19.1. The van der Waals surface area contributed by atoms with Crippen LogP contribution in [0.1, 0.15) is 42.2 Å². The molecule has 35 heavy (non-hydrogen) atoms. The fourth-order valence-electron chi connectivity index (χ4n) is 4.67. The summed E-state index contributed by atoms with van der Waals surface area (Å²) in [5.74, 6) is -1.53. The van der Waals surface area contributed by atoms with Crippen molar-refractivity contribution >= 4 is 34.2 Å². The van der Waals surface area contributed by atoms with Crippen molar-refractivity contribution in [1.82, 2.24) is 4.90 Å². The van der Waals surface area contributed by atoms with Crippen molar-refractivity contribution in [2.24, 2.45) is 0 Å². The first-order valence-electron chi connectivity index (χ1n) is 11.4. The van der Waals surface area contributed by atoms with Gasteiger partial charge in [0.2, 0.25) is 0 Å². The van der Waals surface area contributed by atoms with Gasteiger partial charge in [0.25, 0.3) is 17.7 Å². The number of nitrogens with zero attached hydrogens (tertiary/aromatic N) is 2. The van der Waals surface area contributed by atoms with Crippen LogP contribution in [0.25, 0.3) is 10.8 Å². The van der Waals surface area contributed by atoms with Crippen LogP contribution in [0, 0.1) is 19.7 Å². The molecule has 0 atom stereocenters. The SMILES string of the molecule is Cc1ccc(N(CCN2C(=O)c3cccc4cccc(c34)C2=O)C(=O)c2ccc(F)cc2)c(C)c1. The largest absolute Gasteiger partial charge is 0.306 e. The third-order valence-electron chi connectivity index (χ3n) is 6.38. The number of hydrogen-bond acceptors (Lipinski definition) is 3. The van der Waals surface area contributed by atoms with Crippen LogP contribution in [0.5, 0.6) is 0 Å². The van der Waals surface area contributed by atoms with Crippen molar-refractivity contribution in [1.29, 1.82) is 0 Å². The van der Waals surface area contributed by atoms with Crippen molar-refractivity contribution in [2.45, 2.75) is 13.8 Å². The molecule has 4 aromatic carbocycles. The summed E-state index contributed by atoms with van der Waals surface area (Å²) in [6.45, 7) is 3.98. The van der Waals surface area contributed by atoms with Crippen LogP contribution in [-0.4, -0.2) is 35.7 Å². The van der Waals surface area contributed by atoms with Crippen molar-refractivity contribution in [2.75, 3.05) is 18.0 Å². The molecule has 0 fully saturated rings. The third-order valence-corrected chi connectivity index (χ3v) is 6.38. The van der Waals surface area contributed by atoms with Crippen LogP contribution in [-0.2, 0) is 0 Å². The third kappa shape index (κ3) is 3.97. The Morgan fingerprint density at radius 3 is 2.09 bits per heavy atom. The van der Waals surface area contributed by atoms with Gasteiger partial charge in [-0.15, -0.1) is 0 Å². The number of carbonyl (C=O) groups excluding carboxylic acids is 3. The molecule has 6 heteroatoms. The topological polar surface area (TPSA) is 57.7 Å². The lowest BCUT2D eigenvalue weighted by Gasteiger charge is -2.31. The Hall–Kier alpha value is -4.32. The van der Waals surface area contributed by atoms with Gasteiger partial charge in [0.15, 0.2) is 0 Å². The predicted octanol–water partition coefficient (Wildman–Crippen LogP) is 5.54. The smallest absolute Gasteiger partial charge is 0.261 e. The Labute approximate surface area is 202 Å². The average Bonchev–Trinajstić information content (AvgIpc) is 2.85. The highest BCUT2D eigenvalue weighted by Crippen LogP contribution is 2.30. The van der Waals surface area contributed by atoms with E-state index in [0.29, 0.717) is 27.8 Å². The summed E-state index contributed by atoms with van der Waals surface area (Å²) in [5.41, 5.74) is 3.86. The van der Waals surface area contributed by atoms with E-state index in [9.17, 15) is 18.8 Å². The Morgan fingerprint density at radius 2 is 1.49 bits per heavy atom. The highest BCUT2D eigenvalue weighted by Gasteiger charge is 2.33. The summed E-state index contributed by atoms with van der Waals surface area (Å²) >= 11 is 0. The molecule has 5 rings (SSSR count). The molecule has 0 saturated carbocycles. The van der Waals surface area contributed by atoms with Gasteiger partial charge in [0.1, 0.15) is 5.82 Å². The molecule has 0 saturated heterocycles. The van der Waals surface area contributed by atoms with Crippen LogP contribution in [0.15, 0.2) is 78.9 Å². The van der Waals surface area contributed by atoms with Crippen LogP contribution in [0.2, 0.25) is 0 Å². The van der Waals surface area contributed by atoms with Crippen molar-refractivity contribution in [3.05, 3.63) is 112 Å². The van der Waals surface area contributed by atoms with Gasteiger partial charge in [-0.3, -0.25) is 19.3 Å². The van der Waals surface area contributed by atoms with Crippen LogP contribution < -0.4 is 4.90 Å². The number of rotatable bonds is 5. The maximum Gasteiger partial charge on any atom is 0.261 e. The standard InChI is InChI=1S/C29H23FN2O3/c1-18-9-14-25(19(2)17-18)31(27(33)21-10-12-22(30)13-11-21)15-16-32-28(34)23-7-3-5-20-6-4-8-24(26(20)23)29(32)35/h3-14,17H,15-16H2,1-2H3. The molecule has 5 nitrogen and oxygen atoms in total. The molecule has 1 heterocycles. The van der Waals surface area contributed by atoms with Crippen molar-refractivity contribution in [3.8, 4) is 0 Å². The molecule has 174 valence electrons. The van der Waals surface area contributed by atoms with Gasteiger partial charge in [-0.1, -0.05) is 42.0 Å². The molecular weight excluding hydrogens is 443 g/mol. The van der Waals surface area contributed by atoms with Gasteiger partial charge >= 0.3 is 0 Å². The number of carbonyl (C=O) groups is 3. The fraction of sp³-hybridized carbons (Fsp3) is 0.138. The van der Waals surface area contributed by atoms with E-state index in [-0.39, 0.29) is 30.8 Å². The zero-order valence-corrected chi connectivity index (χ0v) is 19.4. The van der Waals surface area contributed by atoms with Crippen LogP contribution in [0.4, 0.5) is 10.1 Å².